The third-order valence-electron chi connectivity index (χ3n) is 4.61. The first-order valence-corrected chi connectivity index (χ1v) is 9.86. The Morgan fingerprint density at radius 1 is 0.931 bits per heavy atom. The molecule has 0 spiro atoms. The zero-order chi connectivity index (χ0) is 21.4. The molecule has 0 aromatic heterocycles. The van der Waals surface area contributed by atoms with E-state index in [1.54, 1.807) is 24.3 Å². The fourth-order valence-electron chi connectivity index (χ4n) is 3.01. The first-order valence-electron chi connectivity index (χ1n) is 9.86. The fraction of sp³-hybridized carbons (Fsp3) is 0.391. The highest BCUT2D eigenvalue weighted by molar-refractivity contribution is 5.88. The van der Waals surface area contributed by atoms with E-state index in [2.05, 4.69) is 5.32 Å². The minimum absolute atomic E-state index is 0.0510. The van der Waals surface area contributed by atoms with Crippen LogP contribution in [0.3, 0.4) is 0 Å². The molecule has 0 unspecified atom stereocenters. The predicted molar refractivity (Wildman–Crippen MR) is 109 cm³/mol. The molecule has 0 aliphatic carbocycles. The van der Waals surface area contributed by atoms with Gasteiger partial charge in [0.05, 0.1) is 6.42 Å². The monoisotopic (exact) mass is 402 g/mol. The van der Waals surface area contributed by atoms with E-state index in [0.717, 1.165) is 5.56 Å². The van der Waals surface area contributed by atoms with Gasteiger partial charge in [-0.2, -0.15) is 0 Å². The van der Waals surface area contributed by atoms with E-state index in [1.165, 1.54) is 29.2 Å². The summed E-state index contributed by atoms with van der Waals surface area (Å²) in [4.78, 5) is 27.4. The topological polar surface area (TPSA) is 49.4 Å². The van der Waals surface area contributed by atoms with Gasteiger partial charge in [-0.25, -0.2) is 8.78 Å². The van der Waals surface area contributed by atoms with Crippen LogP contribution in [0.25, 0.3) is 0 Å². The molecule has 2 aromatic rings. The van der Waals surface area contributed by atoms with Crippen molar-refractivity contribution in [3.8, 4) is 0 Å². The highest BCUT2D eigenvalue weighted by atomic mass is 19.1. The SMILES string of the molecule is CC[C@@H](C(=O)NCC(C)C)N(Cc1ccc(F)cc1)C(=O)Cc1ccc(F)cc1. The molecule has 0 aliphatic rings. The molecule has 6 heteroatoms. The van der Waals surface area contributed by atoms with Gasteiger partial charge in [-0.15, -0.1) is 0 Å². The first-order chi connectivity index (χ1) is 13.8. The van der Waals surface area contributed by atoms with Crippen molar-refractivity contribution >= 4 is 11.8 Å². The lowest BCUT2D eigenvalue weighted by Gasteiger charge is -2.31. The molecule has 156 valence electrons. The highest BCUT2D eigenvalue weighted by Gasteiger charge is 2.28. The molecular formula is C23H28F2N2O2. The van der Waals surface area contributed by atoms with Crippen LogP contribution >= 0.6 is 0 Å². The second-order valence-electron chi connectivity index (χ2n) is 7.51. The summed E-state index contributed by atoms with van der Waals surface area (Å²) in [5, 5.41) is 2.89. The van der Waals surface area contributed by atoms with Crippen molar-refractivity contribution in [1.29, 1.82) is 0 Å². The number of nitrogens with one attached hydrogen (secondary N) is 1. The third kappa shape index (κ3) is 6.97. The minimum atomic E-state index is -0.647. The van der Waals surface area contributed by atoms with Gasteiger partial charge in [0.1, 0.15) is 17.7 Å². The number of hydrogen-bond donors (Lipinski definition) is 1. The number of carbonyl (C=O) groups is 2. The van der Waals surface area contributed by atoms with E-state index in [1.807, 2.05) is 20.8 Å². The van der Waals surface area contributed by atoms with Gasteiger partial charge in [0.25, 0.3) is 0 Å². The smallest absolute Gasteiger partial charge is 0.242 e. The molecule has 0 heterocycles. The number of amides is 2. The highest BCUT2D eigenvalue weighted by Crippen LogP contribution is 2.15. The molecule has 29 heavy (non-hydrogen) atoms. The molecule has 0 aliphatic heterocycles. The Bertz CT molecular complexity index is 805. The molecule has 0 saturated carbocycles. The summed E-state index contributed by atoms with van der Waals surface area (Å²) < 4.78 is 26.4. The van der Waals surface area contributed by atoms with E-state index < -0.39 is 6.04 Å². The van der Waals surface area contributed by atoms with Crippen molar-refractivity contribution in [2.24, 2.45) is 5.92 Å². The number of nitrogens with zero attached hydrogens (tertiary/aromatic N) is 1. The second kappa shape index (κ2) is 10.7. The van der Waals surface area contributed by atoms with Gasteiger partial charge in [0.15, 0.2) is 0 Å². The number of hydrogen-bond acceptors (Lipinski definition) is 2. The Balaban J connectivity index is 2.24. The van der Waals surface area contributed by atoms with Crippen molar-refractivity contribution in [1.82, 2.24) is 10.2 Å². The van der Waals surface area contributed by atoms with Crippen molar-refractivity contribution in [3.05, 3.63) is 71.3 Å². The molecule has 2 aromatic carbocycles. The Morgan fingerprint density at radius 3 is 1.93 bits per heavy atom. The van der Waals surface area contributed by atoms with Crippen molar-refractivity contribution < 1.29 is 18.4 Å². The van der Waals surface area contributed by atoms with Gasteiger partial charge in [-0.1, -0.05) is 45.0 Å². The lowest BCUT2D eigenvalue weighted by Crippen LogP contribution is -2.50. The molecule has 1 atom stereocenters. The zero-order valence-electron chi connectivity index (χ0n) is 17.1. The van der Waals surface area contributed by atoms with E-state index >= 15 is 0 Å². The van der Waals surface area contributed by atoms with E-state index in [9.17, 15) is 18.4 Å². The Kier molecular flexibility index (Phi) is 8.31. The Hall–Kier alpha value is -2.76. The molecule has 0 radical (unpaired) electrons. The second-order valence-corrected chi connectivity index (χ2v) is 7.51. The Morgan fingerprint density at radius 2 is 1.45 bits per heavy atom. The van der Waals surface area contributed by atoms with Crippen LogP contribution in [0, 0.1) is 17.6 Å². The predicted octanol–water partition coefficient (Wildman–Crippen LogP) is 4.09. The minimum Gasteiger partial charge on any atom is -0.354 e. The van der Waals surface area contributed by atoms with Crippen LogP contribution < -0.4 is 5.32 Å². The average Bonchev–Trinajstić information content (AvgIpc) is 2.69. The summed E-state index contributed by atoms with van der Waals surface area (Å²) in [6.45, 7) is 6.55. The standard InChI is InChI=1S/C23H28F2N2O2/c1-4-21(23(29)26-14-16(2)3)27(15-18-7-11-20(25)12-8-18)22(28)13-17-5-9-19(24)10-6-17/h5-12,16,21H,4,13-15H2,1-3H3,(H,26,29)/t21-/m0/s1. The largest absolute Gasteiger partial charge is 0.354 e. The molecule has 0 saturated heterocycles. The van der Waals surface area contributed by atoms with Crippen molar-refractivity contribution in [2.75, 3.05) is 6.54 Å². The maximum Gasteiger partial charge on any atom is 0.242 e. The zero-order valence-corrected chi connectivity index (χ0v) is 17.1. The number of halogens is 2. The molecule has 2 rings (SSSR count). The average molecular weight is 402 g/mol. The lowest BCUT2D eigenvalue weighted by molar-refractivity contribution is -0.141. The molecule has 0 bridgehead atoms. The van der Waals surface area contributed by atoms with Crippen LogP contribution in [0.1, 0.15) is 38.3 Å². The molecule has 1 N–H and O–H groups in total. The van der Waals surface area contributed by atoms with Gasteiger partial charge in [0, 0.05) is 13.1 Å². The Labute approximate surface area is 170 Å². The summed E-state index contributed by atoms with van der Waals surface area (Å²) in [7, 11) is 0. The molecular weight excluding hydrogens is 374 g/mol. The maximum absolute atomic E-state index is 13.3. The van der Waals surface area contributed by atoms with Crippen LogP contribution in [0.2, 0.25) is 0 Å². The fourth-order valence-corrected chi connectivity index (χ4v) is 3.01. The molecule has 4 nitrogen and oxygen atoms in total. The van der Waals surface area contributed by atoms with E-state index in [4.69, 9.17) is 0 Å². The van der Waals surface area contributed by atoms with Gasteiger partial charge in [-0.3, -0.25) is 9.59 Å². The molecule has 2 amide bonds. The lowest BCUT2D eigenvalue weighted by atomic mass is 10.1. The summed E-state index contributed by atoms with van der Waals surface area (Å²) in [6.07, 6.45) is 0.496. The van der Waals surface area contributed by atoms with Crippen LogP contribution in [0.4, 0.5) is 8.78 Å². The molecule has 0 fully saturated rings. The van der Waals surface area contributed by atoms with Crippen LogP contribution in [0.5, 0.6) is 0 Å². The summed E-state index contributed by atoms with van der Waals surface area (Å²) in [6, 6.07) is 11.0. The van der Waals surface area contributed by atoms with Crippen LogP contribution in [-0.2, 0) is 22.6 Å². The number of carbonyl (C=O) groups excluding carboxylic acids is 2. The van der Waals surface area contributed by atoms with Gasteiger partial charge in [0.2, 0.25) is 11.8 Å². The normalized spacial score (nSPS) is 11.9. The van der Waals surface area contributed by atoms with E-state index in [-0.39, 0.29) is 42.3 Å². The number of benzene rings is 2. The van der Waals surface area contributed by atoms with Crippen molar-refractivity contribution in [2.45, 2.75) is 46.2 Å². The third-order valence-corrected chi connectivity index (χ3v) is 4.61. The van der Waals surface area contributed by atoms with Gasteiger partial charge < -0.3 is 10.2 Å². The quantitative estimate of drug-likeness (QED) is 0.687. The van der Waals surface area contributed by atoms with Gasteiger partial charge >= 0.3 is 0 Å². The summed E-state index contributed by atoms with van der Waals surface area (Å²) >= 11 is 0. The maximum atomic E-state index is 13.3. The van der Waals surface area contributed by atoms with Crippen LogP contribution in [-0.4, -0.2) is 29.3 Å². The van der Waals surface area contributed by atoms with Gasteiger partial charge in [-0.05, 0) is 47.7 Å². The summed E-state index contributed by atoms with van der Waals surface area (Å²) in [5.41, 5.74) is 1.40. The summed E-state index contributed by atoms with van der Waals surface area (Å²) in [5.74, 6) is -0.899. The van der Waals surface area contributed by atoms with E-state index in [0.29, 0.717) is 18.5 Å². The van der Waals surface area contributed by atoms with Crippen molar-refractivity contribution in [3.63, 3.8) is 0 Å². The van der Waals surface area contributed by atoms with Crippen LogP contribution in [0.15, 0.2) is 48.5 Å². The first kappa shape index (κ1) is 22.5. The number of rotatable bonds is 9.